The Hall–Kier alpha value is -1.84. The van der Waals surface area contributed by atoms with Crippen LogP contribution in [0.15, 0.2) is 18.2 Å². The van der Waals surface area contributed by atoms with Crippen molar-refractivity contribution < 1.29 is 9.59 Å². The molecule has 22 heavy (non-hydrogen) atoms. The van der Waals surface area contributed by atoms with Crippen LogP contribution >= 0.6 is 0 Å². The van der Waals surface area contributed by atoms with E-state index < -0.39 is 0 Å². The SMILES string of the molecule is CCCNC(=O)CC(=O)Nc1c(C(C)C)cccc1C(C)C. The fourth-order valence-electron chi connectivity index (χ4n) is 2.35. The van der Waals surface area contributed by atoms with Crippen molar-refractivity contribution in [2.24, 2.45) is 0 Å². The number of rotatable bonds is 7. The van der Waals surface area contributed by atoms with E-state index in [0.717, 1.165) is 23.2 Å². The highest BCUT2D eigenvalue weighted by Gasteiger charge is 2.17. The Bertz CT molecular complexity index is 496. The minimum atomic E-state index is -0.261. The van der Waals surface area contributed by atoms with Gasteiger partial charge in [-0.2, -0.15) is 0 Å². The molecule has 2 amide bonds. The average Bonchev–Trinajstić information content (AvgIpc) is 2.44. The first-order valence-corrected chi connectivity index (χ1v) is 8.06. The van der Waals surface area contributed by atoms with Crippen LogP contribution in [0.3, 0.4) is 0 Å². The Morgan fingerprint density at radius 2 is 1.55 bits per heavy atom. The number of para-hydroxylation sites is 1. The van der Waals surface area contributed by atoms with Gasteiger partial charge in [0.2, 0.25) is 11.8 Å². The molecule has 0 bridgehead atoms. The second-order valence-electron chi connectivity index (χ2n) is 6.20. The van der Waals surface area contributed by atoms with E-state index in [-0.39, 0.29) is 18.2 Å². The van der Waals surface area contributed by atoms with Crippen LogP contribution in [0.1, 0.15) is 70.4 Å². The third-order valence-electron chi connectivity index (χ3n) is 3.53. The second kappa shape index (κ2) is 8.57. The fourth-order valence-corrected chi connectivity index (χ4v) is 2.35. The molecule has 0 aliphatic heterocycles. The van der Waals surface area contributed by atoms with Gasteiger partial charge in [0, 0.05) is 12.2 Å². The van der Waals surface area contributed by atoms with E-state index in [1.807, 2.05) is 25.1 Å². The van der Waals surface area contributed by atoms with E-state index in [1.165, 1.54) is 0 Å². The van der Waals surface area contributed by atoms with Gasteiger partial charge in [0.05, 0.1) is 0 Å². The molecule has 0 radical (unpaired) electrons. The van der Waals surface area contributed by atoms with Crippen molar-refractivity contribution >= 4 is 17.5 Å². The molecule has 0 heterocycles. The number of benzene rings is 1. The lowest BCUT2D eigenvalue weighted by atomic mass is 9.92. The average molecular weight is 304 g/mol. The van der Waals surface area contributed by atoms with Crippen LogP contribution in [0.4, 0.5) is 5.69 Å². The van der Waals surface area contributed by atoms with Crippen LogP contribution in [0.25, 0.3) is 0 Å². The van der Waals surface area contributed by atoms with Crippen molar-refractivity contribution in [1.29, 1.82) is 0 Å². The number of nitrogens with one attached hydrogen (secondary N) is 2. The van der Waals surface area contributed by atoms with Crippen LogP contribution in [-0.4, -0.2) is 18.4 Å². The quantitative estimate of drug-likeness (QED) is 0.753. The Kier molecular flexibility index (Phi) is 7.09. The molecule has 1 aromatic rings. The lowest BCUT2D eigenvalue weighted by Gasteiger charge is -2.20. The highest BCUT2D eigenvalue weighted by molar-refractivity contribution is 6.04. The predicted molar refractivity (Wildman–Crippen MR) is 91.2 cm³/mol. The van der Waals surface area contributed by atoms with Crippen molar-refractivity contribution in [1.82, 2.24) is 5.32 Å². The first-order valence-electron chi connectivity index (χ1n) is 8.06. The van der Waals surface area contributed by atoms with Gasteiger partial charge in [0.15, 0.2) is 0 Å². The number of hydrogen-bond acceptors (Lipinski definition) is 2. The zero-order chi connectivity index (χ0) is 16.7. The topological polar surface area (TPSA) is 58.2 Å². The Morgan fingerprint density at radius 1 is 1.00 bits per heavy atom. The summed E-state index contributed by atoms with van der Waals surface area (Å²) in [5.74, 6) is 0.127. The highest BCUT2D eigenvalue weighted by atomic mass is 16.2. The molecule has 0 saturated heterocycles. The summed E-state index contributed by atoms with van der Waals surface area (Å²) in [5, 5.41) is 5.67. The molecule has 0 aliphatic carbocycles. The summed E-state index contributed by atoms with van der Waals surface area (Å²) in [6, 6.07) is 6.08. The molecule has 0 fully saturated rings. The smallest absolute Gasteiger partial charge is 0.233 e. The molecule has 0 atom stereocenters. The van der Waals surface area contributed by atoms with Crippen LogP contribution in [0.5, 0.6) is 0 Å². The van der Waals surface area contributed by atoms with Gasteiger partial charge < -0.3 is 10.6 Å². The minimum Gasteiger partial charge on any atom is -0.356 e. The summed E-state index contributed by atoms with van der Waals surface area (Å²) in [6.07, 6.45) is 0.727. The van der Waals surface area contributed by atoms with E-state index in [0.29, 0.717) is 18.4 Å². The number of carbonyl (C=O) groups is 2. The second-order valence-corrected chi connectivity index (χ2v) is 6.20. The summed E-state index contributed by atoms with van der Waals surface area (Å²) >= 11 is 0. The molecule has 4 heteroatoms. The molecule has 1 rings (SSSR count). The number of carbonyl (C=O) groups excluding carboxylic acids is 2. The first kappa shape index (κ1) is 18.2. The monoisotopic (exact) mass is 304 g/mol. The van der Waals surface area contributed by atoms with Gasteiger partial charge in [-0.05, 0) is 29.4 Å². The normalized spacial score (nSPS) is 10.9. The van der Waals surface area contributed by atoms with Crippen molar-refractivity contribution in [2.45, 2.75) is 59.3 Å². The van der Waals surface area contributed by atoms with Crippen molar-refractivity contribution in [3.05, 3.63) is 29.3 Å². The first-order chi connectivity index (χ1) is 10.4. The Balaban J connectivity index is 2.91. The minimum absolute atomic E-state index is 0.135. The van der Waals surface area contributed by atoms with E-state index >= 15 is 0 Å². The van der Waals surface area contributed by atoms with Gasteiger partial charge in [-0.15, -0.1) is 0 Å². The Morgan fingerprint density at radius 3 is 2.00 bits per heavy atom. The molecule has 0 aliphatic rings. The zero-order valence-corrected chi connectivity index (χ0v) is 14.3. The molecule has 2 N–H and O–H groups in total. The molecule has 0 aromatic heterocycles. The summed E-state index contributed by atoms with van der Waals surface area (Å²) in [5.41, 5.74) is 3.07. The van der Waals surface area contributed by atoms with Gasteiger partial charge in [0.25, 0.3) is 0 Å². The Labute approximate surface area is 133 Å². The van der Waals surface area contributed by atoms with Crippen molar-refractivity contribution in [2.75, 3.05) is 11.9 Å². The third kappa shape index (κ3) is 5.17. The number of amides is 2. The molecule has 0 saturated carbocycles. The van der Waals surface area contributed by atoms with Crippen LogP contribution in [-0.2, 0) is 9.59 Å². The summed E-state index contributed by atoms with van der Waals surface area (Å²) in [6.45, 7) is 11.0. The van der Waals surface area contributed by atoms with E-state index in [4.69, 9.17) is 0 Å². The maximum Gasteiger partial charge on any atom is 0.233 e. The lowest BCUT2D eigenvalue weighted by Crippen LogP contribution is -2.29. The zero-order valence-electron chi connectivity index (χ0n) is 14.3. The highest BCUT2D eigenvalue weighted by Crippen LogP contribution is 2.32. The molecule has 1 aromatic carbocycles. The van der Waals surface area contributed by atoms with Gasteiger partial charge in [-0.25, -0.2) is 0 Å². The molecule has 4 nitrogen and oxygen atoms in total. The predicted octanol–water partition coefficient (Wildman–Crippen LogP) is 3.79. The molecular formula is C18H28N2O2. The molecular weight excluding hydrogens is 276 g/mol. The van der Waals surface area contributed by atoms with Crippen molar-refractivity contribution in [3.63, 3.8) is 0 Å². The van der Waals surface area contributed by atoms with Crippen LogP contribution in [0, 0.1) is 0 Å². The maximum absolute atomic E-state index is 12.2. The number of anilines is 1. The number of hydrogen-bond donors (Lipinski definition) is 2. The van der Waals surface area contributed by atoms with E-state index in [9.17, 15) is 9.59 Å². The van der Waals surface area contributed by atoms with Gasteiger partial charge in [-0.3, -0.25) is 9.59 Å². The van der Waals surface area contributed by atoms with Gasteiger partial charge in [-0.1, -0.05) is 52.8 Å². The fraction of sp³-hybridized carbons (Fsp3) is 0.556. The summed E-state index contributed by atoms with van der Waals surface area (Å²) in [7, 11) is 0. The molecule has 122 valence electrons. The summed E-state index contributed by atoms with van der Waals surface area (Å²) in [4.78, 5) is 23.8. The van der Waals surface area contributed by atoms with Crippen LogP contribution < -0.4 is 10.6 Å². The standard InChI is InChI=1S/C18H28N2O2/c1-6-10-19-16(21)11-17(22)20-18-14(12(2)3)8-7-9-15(18)13(4)5/h7-9,12-13H,6,10-11H2,1-5H3,(H,19,21)(H,20,22). The van der Waals surface area contributed by atoms with E-state index in [1.54, 1.807) is 0 Å². The van der Waals surface area contributed by atoms with Gasteiger partial charge in [0.1, 0.15) is 6.42 Å². The molecule has 0 unspecified atom stereocenters. The van der Waals surface area contributed by atoms with Crippen LogP contribution in [0.2, 0.25) is 0 Å². The third-order valence-corrected chi connectivity index (χ3v) is 3.53. The van der Waals surface area contributed by atoms with Gasteiger partial charge >= 0.3 is 0 Å². The lowest BCUT2D eigenvalue weighted by molar-refractivity contribution is -0.126. The summed E-state index contributed by atoms with van der Waals surface area (Å²) < 4.78 is 0. The largest absolute Gasteiger partial charge is 0.356 e. The maximum atomic E-state index is 12.2. The van der Waals surface area contributed by atoms with Crippen molar-refractivity contribution in [3.8, 4) is 0 Å². The van der Waals surface area contributed by atoms with E-state index in [2.05, 4.69) is 38.3 Å². The molecule has 0 spiro atoms.